The third-order valence-electron chi connectivity index (χ3n) is 6.01. The molecule has 3 heterocycles. The zero-order valence-electron chi connectivity index (χ0n) is 15.7. The number of hydrazine groups is 1. The van der Waals surface area contributed by atoms with Crippen molar-refractivity contribution in [1.82, 2.24) is 10.0 Å². The molecule has 0 bridgehead atoms. The molecule has 0 radical (unpaired) electrons. The molecular weight excluding hydrogens is 413 g/mol. The zero-order valence-corrected chi connectivity index (χ0v) is 17.2. The molecule has 2 amide bonds. The lowest BCUT2D eigenvalue weighted by Gasteiger charge is -2.30. The molecule has 3 fully saturated rings. The van der Waals surface area contributed by atoms with Crippen LogP contribution in [0.1, 0.15) is 18.0 Å². The Balaban J connectivity index is 1.57. The minimum absolute atomic E-state index is 0.194. The number of halogens is 2. The first-order chi connectivity index (χ1) is 14.0. The van der Waals surface area contributed by atoms with Gasteiger partial charge >= 0.3 is 0 Å². The highest BCUT2D eigenvalue weighted by Gasteiger charge is 2.63. The van der Waals surface area contributed by atoms with Gasteiger partial charge in [0, 0.05) is 18.1 Å². The summed E-state index contributed by atoms with van der Waals surface area (Å²) in [5.41, 5.74) is 1.38. The largest absolute Gasteiger partial charge is 0.497 e. The lowest BCUT2D eigenvalue weighted by molar-refractivity contribution is -0.126. The normalized spacial score (nSPS) is 26.9. The van der Waals surface area contributed by atoms with E-state index in [1.54, 1.807) is 25.3 Å². The second-order valence-corrected chi connectivity index (χ2v) is 8.32. The zero-order chi connectivity index (χ0) is 20.3. The van der Waals surface area contributed by atoms with Crippen molar-refractivity contribution in [1.29, 1.82) is 0 Å². The molecule has 0 spiro atoms. The number of rotatable bonds is 3. The van der Waals surface area contributed by atoms with Crippen molar-refractivity contribution in [3.8, 4) is 5.75 Å². The number of amides is 2. The molecule has 150 valence electrons. The van der Waals surface area contributed by atoms with Crippen LogP contribution in [0.5, 0.6) is 5.75 Å². The lowest BCUT2D eigenvalue weighted by atomic mass is 9.90. The van der Waals surface area contributed by atoms with Crippen LogP contribution in [0, 0.1) is 5.92 Å². The fraction of sp³-hybridized carbons (Fsp3) is 0.333. The van der Waals surface area contributed by atoms with E-state index in [0.29, 0.717) is 15.7 Å². The number of carbonyl (C=O) groups is 2. The van der Waals surface area contributed by atoms with E-state index in [1.165, 1.54) is 4.90 Å². The van der Waals surface area contributed by atoms with Gasteiger partial charge in [-0.1, -0.05) is 35.3 Å². The topological polar surface area (TPSA) is 53.1 Å². The van der Waals surface area contributed by atoms with Crippen LogP contribution in [0.3, 0.4) is 0 Å². The van der Waals surface area contributed by atoms with Gasteiger partial charge in [0.2, 0.25) is 5.91 Å². The smallest absolute Gasteiger partial charge is 0.253 e. The van der Waals surface area contributed by atoms with Crippen molar-refractivity contribution in [3.05, 3.63) is 58.1 Å². The number of imide groups is 1. The second kappa shape index (κ2) is 6.99. The molecule has 0 N–H and O–H groups in total. The summed E-state index contributed by atoms with van der Waals surface area (Å²) in [5, 5.41) is 4.98. The van der Waals surface area contributed by atoms with Crippen molar-refractivity contribution < 1.29 is 14.3 Å². The summed E-state index contributed by atoms with van der Waals surface area (Å²) in [4.78, 5) is 28.1. The molecule has 8 heteroatoms. The van der Waals surface area contributed by atoms with Gasteiger partial charge in [-0.3, -0.25) is 9.59 Å². The van der Waals surface area contributed by atoms with Crippen molar-refractivity contribution >= 4 is 40.7 Å². The molecule has 0 saturated carbocycles. The van der Waals surface area contributed by atoms with E-state index in [0.717, 1.165) is 30.8 Å². The Morgan fingerprint density at radius 1 is 0.931 bits per heavy atom. The Kier molecular flexibility index (Phi) is 4.55. The Bertz CT molecular complexity index is 997. The van der Waals surface area contributed by atoms with E-state index >= 15 is 0 Å². The molecule has 3 aliphatic heterocycles. The number of nitrogens with zero attached hydrogens (tertiary/aromatic N) is 3. The average Bonchev–Trinajstić information content (AvgIpc) is 3.35. The van der Waals surface area contributed by atoms with Crippen LogP contribution < -0.4 is 9.64 Å². The van der Waals surface area contributed by atoms with Crippen LogP contribution in [0.15, 0.2) is 42.5 Å². The Labute approximate surface area is 178 Å². The van der Waals surface area contributed by atoms with Crippen molar-refractivity contribution in [2.24, 2.45) is 5.92 Å². The minimum Gasteiger partial charge on any atom is -0.497 e. The first-order valence-electron chi connectivity index (χ1n) is 9.51. The predicted molar refractivity (Wildman–Crippen MR) is 110 cm³/mol. The molecule has 2 aromatic rings. The predicted octanol–water partition coefficient (Wildman–Crippen LogP) is 3.54. The highest BCUT2D eigenvalue weighted by molar-refractivity contribution is 6.38. The van der Waals surface area contributed by atoms with E-state index in [-0.39, 0.29) is 17.9 Å². The summed E-state index contributed by atoms with van der Waals surface area (Å²) >= 11 is 12.3. The Morgan fingerprint density at radius 3 is 2.28 bits per heavy atom. The van der Waals surface area contributed by atoms with Gasteiger partial charge in [-0.25, -0.2) is 14.9 Å². The van der Waals surface area contributed by atoms with Gasteiger partial charge in [0.15, 0.2) is 0 Å². The van der Waals surface area contributed by atoms with Crippen molar-refractivity contribution in [3.63, 3.8) is 0 Å². The Hall–Kier alpha value is -2.12. The van der Waals surface area contributed by atoms with E-state index in [4.69, 9.17) is 27.9 Å². The molecule has 2 aromatic carbocycles. The van der Waals surface area contributed by atoms with Gasteiger partial charge < -0.3 is 4.74 Å². The molecule has 0 aliphatic carbocycles. The fourth-order valence-electron chi connectivity index (χ4n) is 4.81. The molecular formula is C21H19Cl2N3O3. The van der Waals surface area contributed by atoms with Crippen LogP contribution >= 0.6 is 23.2 Å². The third-order valence-corrected chi connectivity index (χ3v) is 6.55. The number of ether oxygens (including phenoxy) is 1. The standard InChI is InChI=1S/C21H19Cl2N3O3/c1-29-14-6-3-12(4-7-14)18-17-19(25-10-2-9-24(18)25)21(28)26(20(17)27)16-8-5-13(22)11-15(16)23/h3-8,11,17-19H,2,9-10H2,1H3/t17-,18+,19-/m0/s1. The number of anilines is 1. The average molecular weight is 432 g/mol. The summed E-state index contributed by atoms with van der Waals surface area (Å²) in [6, 6.07) is 11.8. The van der Waals surface area contributed by atoms with E-state index in [1.807, 2.05) is 24.3 Å². The molecule has 3 aliphatic rings. The second-order valence-electron chi connectivity index (χ2n) is 7.48. The monoisotopic (exact) mass is 431 g/mol. The van der Waals surface area contributed by atoms with E-state index < -0.39 is 12.0 Å². The molecule has 0 aromatic heterocycles. The SMILES string of the molecule is COc1ccc([C@@H]2[C@@H]3C(=O)N(c4ccc(Cl)cc4Cl)C(=O)[C@H]3N3CCCN23)cc1. The number of hydrogen-bond donors (Lipinski definition) is 0. The van der Waals surface area contributed by atoms with Crippen molar-refractivity contribution in [2.45, 2.75) is 18.5 Å². The summed E-state index contributed by atoms with van der Waals surface area (Å²) in [6.45, 7) is 1.58. The van der Waals surface area contributed by atoms with Gasteiger partial charge in [-0.2, -0.15) is 0 Å². The van der Waals surface area contributed by atoms with Crippen LogP contribution in [-0.4, -0.2) is 48.1 Å². The van der Waals surface area contributed by atoms with Crippen LogP contribution in [-0.2, 0) is 9.59 Å². The summed E-state index contributed by atoms with van der Waals surface area (Å²) < 4.78 is 5.26. The highest BCUT2D eigenvalue weighted by atomic mass is 35.5. The van der Waals surface area contributed by atoms with Crippen LogP contribution in [0.25, 0.3) is 0 Å². The molecule has 29 heavy (non-hydrogen) atoms. The summed E-state index contributed by atoms with van der Waals surface area (Å²) in [7, 11) is 1.62. The van der Waals surface area contributed by atoms with Gasteiger partial charge in [-0.15, -0.1) is 0 Å². The molecule has 0 unspecified atom stereocenters. The number of methoxy groups -OCH3 is 1. The van der Waals surface area contributed by atoms with Crippen molar-refractivity contribution in [2.75, 3.05) is 25.1 Å². The number of benzene rings is 2. The van der Waals surface area contributed by atoms with Gasteiger partial charge in [0.25, 0.3) is 5.91 Å². The van der Waals surface area contributed by atoms with Gasteiger partial charge in [0.05, 0.1) is 29.8 Å². The number of carbonyl (C=O) groups excluding carboxylic acids is 2. The highest BCUT2D eigenvalue weighted by Crippen LogP contribution is 2.49. The first-order valence-corrected chi connectivity index (χ1v) is 10.3. The molecule has 3 saturated heterocycles. The molecule has 5 rings (SSSR count). The van der Waals surface area contributed by atoms with Gasteiger partial charge in [0.1, 0.15) is 11.8 Å². The quantitative estimate of drug-likeness (QED) is 0.695. The maximum absolute atomic E-state index is 13.5. The summed E-state index contributed by atoms with van der Waals surface area (Å²) in [6.07, 6.45) is 0.957. The third kappa shape index (κ3) is 2.78. The van der Waals surface area contributed by atoms with Gasteiger partial charge in [-0.05, 0) is 42.3 Å². The first kappa shape index (κ1) is 18.9. The fourth-order valence-corrected chi connectivity index (χ4v) is 5.31. The van der Waals surface area contributed by atoms with E-state index in [9.17, 15) is 9.59 Å². The van der Waals surface area contributed by atoms with Crippen LogP contribution in [0.4, 0.5) is 5.69 Å². The maximum Gasteiger partial charge on any atom is 0.253 e. The van der Waals surface area contributed by atoms with Crippen LogP contribution in [0.2, 0.25) is 10.0 Å². The van der Waals surface area contributed by atoms with E-state index in [2.05, 4.69) is 10.0 Å². The number of hydrogen-bond acceptors (Lipinski definition) is 5. The maximum atomic E-state index is 13.5. The molecule has 6 nitrogen and oxygen atoms in total. The number of fused-ring (bicyclic) bond motifs is 3. The summed E-state index contributed by atoms with van der Waals surface area (Å²) in [5.74, 6) is -0.181. The Morgan fingerprint density at radius 2 is 1.62 bits per heavy atom. The lowest BCUT2D eigenvalue weighted by Crippen LogP contribution is -2.44. The molecule has 3 atom stereocenters. The minimum atomic E-state index is -0.510.